The van der Waals surface area contributed by atoms with Crippen LogP contribution in [-0.4, -0.2) is 4.33 Å². The van der Waals surface area contributed by atoms with Crippen LogP contribution in [0.4, 0.5) is 0 Å². The molecule has 30 heavy (non-hydrogen) atoms. The van der Waals surface area contributed by atoms with Gasteiger partial charge in [-0.3, -0.25) is 0 Å². The van der Waals surface area contributed by atoms with Crippen LogP contribution in [0.3, 0.4) is 0 Å². The zero-order chi connectivity index (χ0) is 20.3. The minimum Gasteiger partial charge on any atom is -0.0999 e. The first-order valence-electron chi connectivity index (χ1n) is 10.3. The summed E-state index contributed by atoms with van der Waals surface area (Å²) < 4.78 is -0.897. The fraction of sp³-hybridized carbons (Fsp3) is 0.143. The molecule has 0 amide bonds. The summed E-state index contributed by atoms with van der Waals surface area (Å²) in [5, 5.41) is 0. The molecule has 6 rings (SSSR count). The van der Waals surface area contributed by atoms with E-state index in [2.05, 4.69) is 109 Å². The normalized spacial score (nSPS) is 19.5. The first-order valence-corrected chi connectivity index (χ1v) is 11.1. The van der Waals surface area contributed by atoms with Crippen LogP contribution in [0.2, 0.25) is 0 Å². The molecule has 4 aromatic carbocycles. The number of alkyl halides is 2. The number of hydrogen-bond donors (Lipinski definition) is 0. The standard InChI is InChI=1S/C28H20Cl2/c29-28(30)26(25(19-11-3-1-4-12-19)20-13-5-2-6-14-20)27(28)23-17-9-7-15-21(23)22-16-8-10-18-24(22)27/h1-18,25-26H. The van der Waals surface area contributed by atoms with Crippen LogP contribution < -0.4 is 0 Å². The van der Waals surface area contributed by atoms with E-state index in [-0.39, 0.29) is 11.8 Å². The van der Waals surface area contributed by atoms with Gasteiger partial charge in [0, 0.05) is 11.8 Å². The first-order chi connectivity index (χ1) is 14.7. The maximum atomic E-state index is 7.29. The van der Waals surface area contributed by atoms with Gasteiger partial charge in [0.25, 0.3) is 0 Å². The molecule has 0 nitrogen and oxygen atoms in total. The van der Waals surface area contributed by atoms with E-state index in [1.807, 2.05) is 0 Å². The molecule has 4 aromatic rings. The van der Waals surface area contributed by atoms with E-state index in [4.69, 9.17) is 23.2 Å². The van der Waals surface area contributed by atoms with Crippen LogP contribution in [0.1, 0.15) is 28.2 Å². The molecule has 0 bridgehead atoms. The van der Waals surface area contributed by atoms with Crippen molar-refractivity contribution in [1.29, 1.82) is 0 Å². The Kier molecular flexibility index (Phi) is 3.94. The topological polar surface area (TPSA) is 0 Å². The van der Waals surface area contributed by atoms with Gasteiger partial charge in [-0.05, 0) is 33.4 Å². The smallest absolute Gasteiger partial charge is 0.0999 e. The molecule has 0 saturated heterocycles. The minimum absolute atomic E-state index is 0.0305. The minimum atomic E-state index is -0.897. The molecule has 1 unspecified atom stereocenters. The van der Waals surface area contributed by atoms with E-state index in [1.54, 1.807) is 0 Å². The largest absolute Gasteiger partial charge is 0.137 e. The lowest BCUT2D eigenvalue weighted by atomic mass is 9.80. The van der Waals surface area contributed by atoms with E-state index in [0.29, 0.717) is 0 Å². The second-order valence-electron chi connectivity index (χ2n) is 8.30. The van der Waals surface area contributed by atoms with Crippen molar-refractivity contribution in [3.63, 3.8) is 0 Å². The van der Waals surface area contributed by atoms with Crippen LogP contribution in [0.5, 0.6) is 0 Å². The Morgan fingerprint density at radius 3 is 1.40 bits per heavy atom. The van der Waals surface area contributed by atoms with Crippen molar-refractivity contribution in [2.24, 2.45) is 5.92 Å². The maximum absolute atomic E-state index is 7.29. The molecule has 0 N–H and O–H groups in total. The Hall–Kier alpha value is -2.54. The zero-order valence-corrected chi connectivity index (χ0v) is 17.8. The summed E-state index contributed by atoms with van der Waals surface area (Å²) in [6.45, 7) is 0. The number of rotatable bonds is 3. The molecular formula is C28H20Cl2. The Bertz CT molecular complexity index is 1140. The summed E-state index contributed by atoms with van der Waals surface area (Å²) in [6.07, 6.45) is 0. The molecular weight excluding hydrogens is 407 g/mol. The highest BCUT2D eigenvalue weighted by molar-refractivity contribution is 6.53. The molecule has 0 heterocycles. The molecule has 1 saturated carbocycles. The van der Waals surface area contributed by atoms with Gasteiger partial charge in [0.1, 0.15) is 4.33 Å². The highest BCUT2D eigenvalue weighted by atomic mass is 35.5. The lowest BCUT2D eigenvalue weighted by molar-refractivity contribution is 0.626. The number of fused-ring (bicyclic) bond motifs is 5. The molecule has 2 aliphatic carbocycles. The summed E-state index contributed by atoms with van der Waals surface area (Å²) in [7, 11) is 0. The molecule has 2 aliphatic rings. The predicted octanol–water partition coefficient (Wildman–Crippen LogP) is 7.59. The molecule has 2 heteroatoms. The average Bonchev–Trinajstić information content (AvgIpc) is 3.15. The second kappa shape index (κ2) is 6.48. The molecule has 1 fully saturated rings. The van der Waals surface area contributed by atoms with E-state index in [1.165, 1.54) is 33.4 Å². The van der Waals surface area contributed by atoms with Crippen molar-refractivity contribution in [2.45, 2.75) is 15.7 Å². The summed E-state index contributed by atoms with van der Waals surface area (Å²) in [5.74, 6) is 0.129. The quantitative estimate of drug-likeness (QED) is 0.296. The third-order valence-electron chi connectivity index (χ3n) is 6.94. The van der Waals surface area contributed by atoms with Gasteiger partial charge in [-0.1, -0.05) is 132 Å². The van der Waals surface area contributed by atoms with Crippen molar-refractivity contribution in [3.05, 3.63) is 131 Å². The van der Waals surface area contributed by atoms with E-state index < -0.39 is 9.75 Å². The van der Waals surface area contributed by atoms with Crippen molar-refractivity contribution in [3.8, 4) is 11.1 Å². The van der Waals surface area contributed by atoms with Gasteiger partial charge in [0.05, 0.1) is 5.41 Å². The van der Waals surface area contributed by atoms with Gasteiger partial charge in [-0.2, -0.15) is 0 Å². The Labute approximate surface area is 187 Å². The van der Waals surface area contributed by atoms with E-state index in [0.717, 1.165) is 0 Å². The molecule has 1 spiro atoms. The average molecular weight is 427 g/mol. The van der Waals surface area contributed by atoms with Gasteiger partial charge in [-0.25, -0.2) is 0 Å². The lowest BCUT2D eigenvalue weighted by Crippen LogP contribution is -2.16. The summed E-state index contributed by atoms with van der Waals surface area (Å²) in [5.41, 5.74) is 7.08. The third kappa shape index (κ3) is 2.24. The first kappa shape index (κ1) is 18.2. The van der Waals surface area contributed by atoms with Gasteiger partial charge in [-0.15, -0.1) is 0 Å². The van der Waals surface area contributed by atoms with Gasteiger partial charge < -0.3 is 0 Å². The predicted molar refractivity (Wildman–Crippen MR) is 125 cm³/mol. The number of hydrogen-bond acceptors (Lipinski definition) is 0. The van der Waals surface area contributed by atoms with Crippen molar-refractivity contribution in [2.75, 3.05) is 0 Å². The lowest BCUT2D eigenvalue weighted by Gasteiger charge is -2.22. The SMILES string of the molecule is ClC1(Cl)C(C(c2ccccc2)c2ccccc2)C12c1ccccc1-c1ccccc12. The Morgan fingerprint density at radius 2 is 0.933 bits per heavy atom. The molecule has 0 radical (unpaired) electrons. The molecule has 0 aromatic heterocycles. The fourth-order valence-electron chi connectivity index (χ4n) is 5.75. The monoisotopic (exact) mass is 426 g/mol. The maximum Gasteiger partial charge on any atom is 0.137 e. The Balaban J connectivity index is 1.62. The second-order valence-corrected chi connectivity index (χ2v) is 9.68. The fourth-order valence-corrected chi connectivity index (χ4v) is 6.86. The number of halogens is 2. The van der Waals surface area contributed by atoms with Crippen LogP contribution >= 0.6 is 23.2 Å². The van der Waals surface area contributed by atoms with E-state index >= 15 is 0 Å². The molecule has 146 valence electrons. The van der Waals surface area contributed by atoms with Crippen LogP contribution in [-0.2, 0) is 5.41 Å². The van der Waals surface area contributed by atoms with Crippen molar-refractivity contribution >= 4 is 23.2 Å². The summed E-state index contributed by atoms with van der Waals surface area (Å²) in [4.78, 5) is 0. The zero-order valence-electron chi connectivity index (χ0n) is 16.3. The van der Waals surface area contributed by atoms with Crippen LogP contribution in [0, 0.1) is 5.92 Å². The van der Waals surface area contributed by atoms with Crippen molar-refractivity contribution < 1.29 is 0 Å². The summed E-state index contributed by atoms with van der Waals surface area (Å²) in [6, 6.07) is 38.5. The summed E-state index contributed by atoms with van der Waals surface area (Å²) >= 11 is 14.6. The molecule has 1 atom stereocenters. The van der Waals surface area contributed by atoms with Crippen molar-refractivity contribution in [1.82, 2.24) is 0 Å². The van der Waals surface area contributed by atoms with E-state index in [9.17, 15) is 0 Å². The van der Waals surface area contributed by atoms with Crippen LogP contribution in [0.15, 0.2) is 109 Å². The highest BCUT2D eigenvalue weighted by Crippen LogP contribution is 2.80. The highest BCUT2D eigenvalue weighted by Gasteiger charge is 2.81. The number of benzene rings is 4. The third-order valence-corrected chi connectivity index (χ3v) is 8.01. The Morgan fingerprint density at radius 1 is 0.533 bits per heavy atom. The molecule has 0 aliphatic heterocycles. The van der Waals surface area contributed by atoms with Gasteiger partial charge in [0.15, 0.2) is 0 Å². The van der Waals surface area contributed by atoms with Crippen LogP contribution in [0.25, 0.3) is 11.1 Å². The van der Waals surface area contributed by atoms with Gasteiger partial charge in [0.2, 0.25) is 0 Å². The van der Waals surface area contributed by atoms with Gasteiger partial charge >= 0.3 is 0 Å².